The van der Waals surface area contributed by atoms with Gasteiger partial charge in [0.15, 0.2) is 0 Å². The van der Waals surface area contributed by atoms with Gasteiger partial charge in [-0.15, -0.1) is 6.58 Å². The first kappa shape index (κ1) is 18.6. The van der Waals surface area contributed by atoms with Gasteiger partial charge in [-0.25, -0.2) is 8.78 Å². The second-order valence-corrected chi connectivity index (χ2v) is 6.72. The minimum atomic E-state index is -1.06. The van der Waals surface area contributed by atoms with Crippen molar-refractivity contribution in [2.45, 2.75) is 39.2 Å². The quantitative estimate of drug-likeness (QED) is 0.830. The van der Waals surface area contributed by atoms with Gasteiger partial charge in [0.05, 0.1) is 11.5 Å². The lowest BCUT2D eigenvalue weighted by Crippen LogP contribution is -2.46. The number of nitrogens with zero attached hydrogens (tertiary/aromatic N) is 1. The van der Waals surface area contributed by atoms with Crippen molar-refractivity contribution in [3.8, 4) is 0 Å². The van der Waals surface area contributed by atoms with Crippen LogP contribution in [0.15, 0.2) is 30.9 Å². The Morgan fingerprint density at radius 3 is 2.62 bits per heavy atom. The fraction of sp³-hybridized carbons (Fsp3) is 0.526. The third kappa shape index (κ3) is 3.66. The molecule has 0 radical (unpaired) electrons. The number of piperidine rings is 1. The van der Waals surface area contributed by atoms with Gasteiger partial charge in [0.25, 0.3) is 0 Å². The molecular formula is C19H25F2NO2. The number of amides is 1. The first-order chi connectivity index (χ1) is 11.3. The normalized spacial score (nSPS) is 19.6. The first-order valence-electron chi connectivity index (χ1n) is 8.38. The summed E-state index contributed by atoms with van der Waals surface area (Å²) in [5, 5.41) is 10.4. The van der Waals surface area contributed by atoms with Crippen LogP contribution in [0.1, 0.15) is 44.8 Å². The molecule has 0 aliphatic carbocycles. The topological polar surface area (TPSA) is 40.5 Å². The van der Waals surface area contributed by atoms with Gasteiger partial charge >= 0.3 is 0 Å². The Bertz CT molecular complexity index is 611. The number of likely N-dealkylation sites (tertiary alicyclic amines) is 1. The number of hydrogen-bond acceptors (Lipinski definition) is 2. The zero-order valence-corrected chi connectivity index (χ0v) is 14.3. The predicted octanol–water partition coefficient (Wildman–Crippen LogP) is 3.84. The average molecular weight is 337 g/mol. The highest BCUT2D eigenvalue weighted by atomic mass is 19.1. The van der Waals surface area contributed by atoms with Crippen LogP contribution in [0.2, 0.25) is 0 Å². The molecule has 1 heterocycles. The van der Waals surface area contributed by atoms with Crippen molar-refractivity contribution in [3.63, 3.8) is 0 Å². The van der Waals surface area contributed by atoms with Crippen LogP contribution in [0, 0.1) is 23.0 Å². The number of halogens is 2. The fourth-order valence-corrected chi connectivity index (χ4v) is 3.16. The maximum Gasteiger partial charge on any atom is 0.232 e. The van der Waals surface area contributed by atoms with Crippen molar-refractivity contribution in [1.82, 2.24) is 4.90 Å². The summed E-state index contributed by atoms with van der Waals surface area (Å²) < 4.78 is 27.1. The molecule has 0 saturated carbocycles. The van der Waals surface area contributed by atoms with Crippen molar-refractivity contribution < 1.29 is 18.7 Å². The highest BCUT2D eigenvalue weighted by Gasteiger charge is 2.36. The molecule has 0 aromatic heterocycles. The van der Waals surface area contributed by atoms with E-state index in [-0.39, 0.29) is 17.4 Å². The standard InChI is InChI=1S/C19H25F2NO2/c1-4-19(3,5-2)18(24)22-10-8-13(9-11-22)17(23)15-12-14(20)6-7-16(15)21/h4,6-7,12-13,17,23H,1,5,8-11H2,2-3H3/t17-,19+/m1/s1. The molecule has 24 heavy (non-hydrogen) atoms. The molecule has 1 aliphatic rings. The van der Waals surface area contributed by atoms with Crippen LogP contribution >= 0.6 is 0 Å². The third-order valence-corrected chi connectivity index (χ3v) is 5.22. The van der Waals surface area contributed by atoms with E-state index < -0.39 is 23.2 Å². The third-order valence-electron chi connectivity index (χ3n) is 5.22. The van der Waals surface area contributed by atoms with Gasteiger partial charge in [0, 0.05) is 18.7 Å². The number of carbonyl (C=O) groups excluding carboxylic acids is 1. The zero-order valence-electron chi connectivity index (χ0n) is 14.3. The van der Waals surface area contributed by atoms with Crippen LogP contribution in [0.3, 0.4) is 0 Å². The van der Waals surface area contributed by atoms with Crippen molar-refractivity contribution in [2.75, 3.05) is 13.1 Å². The van der Waals surface area contributed by atoms with Crippen molar-refractivity contribution >= 4 is 5.91 Å². The minimum absolute atomic E-state index is 0.00994. The van der Waals surface area contributed by atoms with E-state index in [0.29, 0.717) is 32.4 Å². The monoisotopic (exact) mass is 337 g/mol. The summed E-state index contributed by atoms with van der Waals surface area (Å²) in [6.07, 6.45) is 2.40. The van der Waals surface area contributed by atoms with E-state index in [1.807, 2.05) is 13.8 Å². The fourth-order valence-electron chi connectivity index (χ4n) is 3.16. The predicted molar refractivity (Wildman–Crippen MR) is 89.2 cm³/mol. The Morgan fingerprint density at radius 1 is 1.46 bits per heavy atom. The van der Waals surface area contributed by atoms with Gasteiger partial charge in [0.2, 0.25) is 5.91 Å². The number of rotatable bonds is 5. The second kappa shape index (κ2) is 7.43. The van der Waals surface area contributed by atoms with Crippen LogP contribution in [-0.2, 0) is 4.79 Å². The molecule has 5 heteroatoms. The summed E-state index contributed by atoms with van der Waals surface area (Å²) in [5.74, 6) is -1.33. The number of aliphatic hydroxyl groups is 1. The Hall–Kier alpha value is -1.75. The molecular weight excluding hydrogens is 312 g/mol. The number of carbonyl (C=O) groups is 1. The van der Waals surface area contributed by atoms with Gasteiger partial charge in [0.1, 0.15) is 11.6 Å². The summed E-state index contributed by atoms with van der Waals surface area (Å²) in [7, 11) is 0. The van der Waals surface area contributed by atoms with Gasteiger partial charge in [-0.3, -0.25) is 4.79 Å². The summed E-state index contributed by atoms with van der Waals surface area (Å²) in [6.45, 7) is 8.57. The highest BCUT2D eigenvalue weighted by Crippen LogP contribution is 2.34. The van der Waals surface area contributed by atoms with Crippen molar-refractivity contribution in [1.29, 1.82) is 0 Å². The molecule has 3 nitrogen and oxygen atoms in total. The lowest BCUT2D eigenvalue weighted by Gasteiger charge is -2.38. The average Bonchev–Trinajstić information content (AvgIpc) is 2.62. The highest BCUT2D eigenvalue weighted by molar-refractivity contribution is 5.84. The summed E-state index contributed by atoms with van der Waals surface area (Å²) in [5.41, 5.74) is -0.593. The van der Waals surface area contributed by atoms with Crippen LogP contribution in [0.4, 0.5) is 8.78 Å². The van der Waals surface area contributed by atoms with Gasteiger partial charge < -0.3 is 10.0 Å². The molecule has 1 saturated heterocycles. The lowest BCUT2D eigenvalue weighted by atomic mass is 9.83. The molecule has 0 spiro atoms. The van der Waals surface area contributed by atoms with E-state index in [0.717, 1.165) is 18.2 Å². The smallest absolute Gasteiger partial charge is 0.232 e. The molecule has 2 atom stereocenters. The Kier molecular flexibility index (Phi) is 5.75. The minimum Gasteiger partial charge on any atom is -0.388 e. The Labute approximate surface area is 142 Å². The summed E-state index contributed by atoms with van der Waals surface area (Å²) in [4.78, 5) is 14.4. The van der Waals surface area contributed by atoms with E-state index in [2.05, 4.69) is 6.58 Å². The van der Waals surface area contributed by atoms with Gasteiger partial charge in [-0.2, -0.15) is 0 Å². The molecule has 1 aromatic rings. The molecule has 0 bridgehead atoms. The Morgan fingerprint density at radius 2 is 2.08 bits per heavy atom. The van der Waals surface area contributed by atoms with Gasteiger partial charge in [-0.05, 0) is 50.3 Å². The molecule has 0 unspecified atom stereocenters. The summed E-state index contributed by atoms with van der Waals surface area (Å²) >= 11 is 0. The van der Waals surface area contributed by atoms with E-state index in [1.165, 1.54) is 0 Å². The zero-order chi connectivity index (χ0) is 17.9. The molecule has 1 amide bonds. The van der Waals surface area contributed by atoms with E-state index >= 15 is 0 Å². The largest absolute Gasteiger partial charge is 0.388 e. The van der Waals surface area contributed by atoms with Crippen LogP contribution in [0.5, 0.6) is 0 Å². The molecule has 1 aromatic carbocycles. The van der Waals surface area contributed by atoms with Crippen molar-refractivity contribution in [2.24, 2.45) is 11.3 Å². The first-order valence-corrected chi connectivity index (χ1v) is 8.38. The maximum absolute atomic E-state index is 13.8. The SMILES string of the molecule is C=C[C@@](C)(CC)C(=O)N1CCC([C@@H](O)c2cc(F)ccc2F)CC1. The van der Waals surface area contributed by atoms with E-state index in [4.69, 9.17) is 0 Å². The van der Waals surface area contributed by atoms with Crippen LogP contribution < -0.4 is 0 Å². The van der Waals surface area contributed by atoms with E-state index in [9.17, 15) is 18.7 Å². The molecule has 1 N–H and O–H groups in total. The van der Waals surface area contributed by atoms with Gasteiger partial charge in [-0.1, -0.05) is 13.0 Å². The number of benzene rings is 1. The molecule has 1 aliphatic heterocycles. The molecule has 2 rings (SSSR count). The molecule has 1 fully saturated rings. The number of hydrogen-bond donors (Lipinski definition) is 1. The van der Waals surface area contributed by atoms with Crippen LogP contribution in [0.25, 0.3) is 0 Å². The van der Waals surface area contributed by atoms with E-state index in [1.54, 1.807) is 11.0 Å². The summed E-state index contributed by atoms with van der Waals surface area (Å²) in [6, 6.07) is 3.11. The maximum atomic E-state index is 13.8. The lowest BCUT2D eigenvalue weighted by molar-refractivity contribution is -0.141. The molecule has 132 valence electrons. The number of aliphatic hydroxyl groups excluding tert-OH is 1. The van der Waals surface area contributed by atoms with Crippen LogP contribution in [-0.4, -0.2) is 29.0 Å². The second-order valence-electron chi connectivity index (χ2n) is 6.72. The van der Waals surface area contributed by atoms with Crippen molar-refractivity contribution in [3.05, 3.63) is 48.1 Å². The Balaban J connectivity index is 2.03.